The van der Waals surface area contributed by atoms with Crippen LogP contribution < -0.4 is 10.2 Å². The lowest BCUT2D eigenvalue weighted by Gasteiger charge is -2.23. The minimum absolute atomic E-state index is 0.309. The Morgan fingerprint density at radius 2 is 2.04 bits per heavy atom. The molecule has 3 N–H and O–H groups in total. The lowest BCUT2D eigenvalue weighted by molar-refractivity contribution is -0.137. The molecule has 8 heteroatoms. The van der Waals surface area contributed by atoms with E-state index < -0.39 is 18.1 Å². The molecule has 3 aromatic rings. The average molecular weight is 363 g/mol. The van der Waals surface area contributed by atoms with Crippen molar-refractivity contribution >= 4 is 34.6 Å². The molecule has 2 amide bonds. The first kappa shape index (κ1) is 16.8. The Morgan fingerprint density at radius 1 is 1.26 bits per heavy atom. The number of H-pyrrole nitrogens is 1. The zero-order valence-electron chi connectivity index (χ0n) is 14.5. The number of carbonyl (C=O) groups is 2. The summed E-state index contributed by atoms with van der Waals surface area (Å²) in [4.78, 5) is 37.0. The molecule has 1 aliphatic rings. The number of carboxylic acid groups (broad SMARTS) is 1. The molecule has 1 saturated heterocycles. The summed E-state index contributed by atoms with van der Waals surface area (Å²) >= 11 is 0. The van der Waals surface area contributed by atoms with Gasteiger partial charge in [0, 0.05) is 5.69 Å². The van der Waals surface area contributed by atoms with Gasteiger partial charge in [-0.25, -0.2) is 14.6 Å². The molecular formula is C19H17N5O3. The van der Waals surface area contributed by atoms with Crippen molar-refractivity contribution in [3.63, 3.8) is 0 Å². The second-order valence-electron chi connectivity index (χ2n) is 6.25. The lowest BCUT2D eigenvalue weighted by atomic mass is 10.0. The van der Waals surface area contributed by atoms with Gasteiger partial charge in [-0.2, -0.15) is 0 Å². The highest BCUT2D eigenvalue weighted by Gasteiger charge is 2.39. The van der Waals surface area contributed by atoms with Crippen molar-refractivity contribution in [2.45, 2.75) is 19.0 Å². The van der Waals surface area contributed by atoms with E-state index in [0.29, 0.717) is 11.5 Å². The summed E-state index contributed by atoms with van der Waals surface area (Å²) in [6.07, 6.45) is 1.59. The minimum atomic E-state index is -1.06. The van der Waals surface area contributed by atoms with Crippen molar-refractivity contribution in [2.24, 2.45) is 4.99 Å². The first-order valence-corrected chi connectivity index (χ1v) is 8.43. The summed E-state index contributed by atoms with van der Waals surface area (Å²) in [5.41, 5.74) is 3.07. The number of anilines is 1. The molecule has 4 rings (SSSR count). The number of amides is 2. The quantitative estimate of drug-likeness (QED) is 0.662. The largest absolute Gasteiger partial charge is 0.480 e. The fourth-order valence-electron chi connectivity index (χ4n) is 3.12. The van der Waals surface area contributed by atoms with E-state index in [1.54, 1.807) is 11.2 Å². The summed E-state index contributed by atoms with van der Waals surface area (Å²) in [7, 11) is 0. The molecule has 0 aliphatic carbocycles. The maximum absolute atomic E-state index is 12.8. The van der Waals surface area contributed by atoms with Crippen LogP contribution in [0.3, 0.4) is 0 Å². The number of hydrogen-bond acceptors (Lipinski definition) is 4. The van der Waals surface area contributed by atoms with Crippen LogP contribution in [-0.4, -0.2) is 39.0 Å². The zero-order chi connectivity index (χ0) is 19.0. The summed E-state index contributed by atoms with van der Waals surface area (Å²) in [6.45, 7) is 1.47. The number of aliphatic carboxylic acids is 1. The van der Waals surface area contributed by atoms with Crippen molar-refractivity contribution in [3.05, 3.63) is 60.4 Å². The van der Waals surface area contributed by atoms with E-state index in [4.69, 9.17) is 0 Å². The van der Waals surface area contributed by atoms with Crippen LogP contribution >= 0.6 is 0 Å². The molecule has 2 heterocycles. The Bertz CT molecular complexity index is 1040. The molecule has 2 atom stereocenters. The minimum Gasteiger partial charge on any atom is -0.480 e. The Morgan fingerprint density at radius 3 is 2.78 bits per heavy atom. The molecule has 0 radical (unpaired) electrons. The van der Waals surface area contributed by atoms with Gasteiger partial charge in [0.25, 0.3) is 0 Å². The maximum Gasteiger partial charge on any atom is 0.328 e. The van der Waals surface area contributed by atoms with E-state index in [1.165, 1.54) is 6.92 Å². The molecular weight excluding hydrogens is 346 g/mol. The topological polar surface area (TPSA) is 111 Å². The second-order valence-corrected chi connectivity index (χ2v) is 6.25. The second kappa shape index (κ2) is 6.56. The number of aromatic amines is 1. The molecule has 0 saturated carbocycles. The molecule has 0 bridgehead atoms. The van der Waals surface area contributed by atoms with E-state index in [9.17, 15) is 14.7 Å². The van der Waals surface area contributed by atoms with Crippen LogP contribution in [0.2, 0.25) is 0 Å². The van der Waals surface area contributed by atoms with E-state index >= 15 is 0 Å². The van der Waals surface area contributed by atoms with E-state index in [0.717, 1.165) is 16.6 Å². The smallest absolute Gasteiger partial charge is 0.328 e. The highest BCUT2D eigenvalue weighted by molar-refractivity contribution is 6.17. The molecule has 1 aliphatic heterocycles. The predicted molar refractivity (Wildman–Crippen MR) is 101 cm³/mol. The summed E-state index contributed by atoms with van der Waals surface area (Å²) < 4.78 is 0. The number of urea groups is 1. The van der Waals surface area contributed by atoms with Crippen LogP contribution in [0.25, 0.3) is 11.0 Å². The van der Waals surface area contributed by atoms with Crippen LogP contribution in [0.5, 0.6) is 0 Å². The van der Waals surface area contributed by atoms with Gasteiger partial charge in [0.05, 0.1) is 17.4 Å². The number of hydrogen-bond donors (Lipinski definition) is 3. The van der Waals surface area contributed by atoms with Gasteiger partial charge in [0.2, 0.25) is 0 Å². The van der Waals surface area contributed by atoms with E-state index in [-0.39, 0.29) is 6.03 Å². The van der Waals surface area contributed by atoms with Gasteiger partial charge in [-0.05, 0) is 30.7 Å². The van der Waals surface area contributed by atoms with Crippen LogP contribution in [0.15, 0.2) is 59.9 Å². The third-order valence-electron chi connectivity index (χ3n) is 4.46. The number of amidine groups is 1. The molecule has 1 aromatic heterocycles. The van der Waals surface area contributed by atoms with Crippen molar-refractivity contribution < 1.29 is 14.7 Å². The number of imidazole rings is 1. The normalized spacial score (nSPS) is 19.4. The van der Waals surface area contributed by atoms with E-state index in [2.05, 4.69) is 20.3 Å². The predicted octanol–water partition coefficient (Wildman–Crippen LogP) is 2.71. The molecule has 27 heavy (non-hydrogen) atoms. The van der Waals surface area contributed by atoms with Gasteiger partial charge < -0.3 is 10.1 Å². The van der Waals surface area contributed by atoms with Crippen LogP contribution in [-0.2, 0) is 4.79 Å². The SMILES string of the molecule is CC(/N=C1\NC(=O)N(c2ccc3[nH]cnc3c2)C1c1ccccc1)C(=O)O. The number of carbonyl (C=O) groups excluding carboxylic acids is 1. The van der Waals surface area contributed by atoms with Crippen molar-refractivity contribution in [2.75, 3.05) is 4.90 Å². The molecule has 2 aromatic carbocycles. The monoisotopic (exact) mass is 363 g/mol. The van der Waals surface area contributed by atoms with Gasteiger partial charge in [0.15, 0.2) is 0 Å². The van der Waals surface area contributed by atoms with Crippen molar-refractivity contribution in [3.8, 4) is 0 Å². The Labute approximate surface area is 154 Å². The lowest BCUT2D eigenvalue weighted by Crippen LogP contribution is -2.29. The highest BCUT2D eigenvalue weighted by Crippen LogP contribution is 2.33. The van der Waals surface area contributed by atoms with Crippen LogP contribution in [0.4, 0.5) is 10.5 Å². The van der Waals surface area contributed by atoms with Crippen LogP contribution in [0.1, 0.15) is 18.5 Å². The average Bonchev–Trinajstić information content (AvgIpc) is 3.25. The maximum atomic E-state index is 12.8. The van der Waals surface area contributed by atoms with Crippen molar-refractivity contribution in [1.82, 2.24) is 15.3 Å². The summed E-state index contributed by atoms with van der Waals surface area (Å²) in [6, 6.07) is 13.0. The van der Waals surface area contributed by atoms with Gasteiger partial charge >= 0.3 is 12.0 Å². The first-order chi connectivity index (χ1) is 13.0. The zero-order valence-corrected chi connectivity index (χ0v) is 14.5. The highest BCUT2D eigenvalue weighted by atomic mass is 16.4. The number of aliphatic imine (C=N–C) groups is 1. The van der Waals surface area contributed by atoms with Gasteiger partial charge in [-0.3, -0.25) is 15.2 Å². The van der Waals surface area contributed by atoms with Gasteiger partial charge in [0.1, 0.15) is 17.9 Å². The Hall–Kier alpha value is -3.68. The number of nitrogens with zero attached hydrogens (tertiary/aromatic N) is 3. The third kappa shape index (κ3) is 3.01. The number of nitrogens with one attached hydrogen (secondary N) is 2. The number of fused-ring (bicyclic) bond motifs is 1. The standard InChI is InChI=1S/C19H17N5O3/c1-11(18(25)26)22-17-16(12-5-3-2-4-6-12)24(19(27)23-17)13-7-8-14-15(9-13)21-10-20-14/h2-11,16H,1H3,(H,20,21)(H,25,26)(H,22,23,27). The fourth-order valence-corrected chi connectivity index (χ4v) is 3.12. The molecule has 2 unspecified atom stereocenters. The number of aromatic nitrogens is 2. The molecule has 1 fully saturated rings. The number of rotatable bonds is 4. The Kier molecular flexibility index (Phi) is 4.08. The number of carboxylic acids is 1. The third-order valence-corrected chi connectivity index (χ3v) is 4.46. The Balaban J connectivity index is 1.83. The fraction of sp³-hybridized carbons (Fsp3) is 0.158. The van der Waals surface area contributed by atoms with Gasteiger partial charge in [-0.1, -0.05) is 30.3 Å². The molecule has 0 spiro atoms. The van der Waals surface area contributed by atoms with Gasteiger partial charge in [-0.15, -0.1) is 0 Å². The van der Waals surface area contributed by atoms with Crippen LogP contribution in [0, 0.1) is 0 Å². The van der Waals surface area contributed by atoms with E-state index in [1.807, 2.05) is 48.5 Å². The summed E-state index contributed by atoms with van der Waals surface area (Å²) in [5, 5.41) is 11.9. The molecule has 136 valence electrons. The summed E-state index contributed by atoms with van der Waals surface area (Å²) in [5.74, 6) is -0.747. The number of benzene rings is 2. The molecule has 8 nitrogen and oxygen atoms in total. The first-order valence-electron chi connectivity index (χ1n) is 8.43. The van der Waals surface area contributed by atoms with Crippen molar-refractivity contribution in [1.29, 1.82) is 0 Å².